The Labute approximate surface area is 123 Å². The van der Waals surface area contributed by atoms with Crippen LogP contribution in [0.5, 0.6) is 5.75 Å². The summed E-state index contributed by atoms with van der Waals surface area (Å²) in [5.41, 5.74) is 0. The van der Waals surface area contributed by atoms with Crippen LogP contribution in [0.1, 0.15) is 27.2 Å². The molecule has 1 aromatic rings. The van der Waals surface area contributed by atoms with Gasteiger partial charge in [-0.15, -0.1) is 0 Å². The lowest BCUT2D eigenvalue weighted by molar-refractivity contribution is 0.0696. The molecule has 113 valence electrons. The van der Waals surface area contributed by atoms with Crippen molar-refractivity contribution >= 4 is 8.80 Å². The third-order valence-electron chi connectivity index (χ3n) is 2.68. The minimum Gasteiger partial charge on any atom is -0.494 e. The van der Waals surface area contributed by atoms with Crippen molar-refractivity contribution in [1.29, 1.82) is 0 Å². The Morgan fingerprint density at radius 2 is 1.50 bits per heavy atom. The van der Waals surface area contributed by atoms with Crippen LogP contribution in [0.25, 0.3) is 0 Å². The molecule has 0 aliphatic heterocycles. The molecule has 0 amide bonds. The fraction of sp³-hybridized carbons (Fsp3) is 0.600. The summed E-state index contributed by atoms with van der Waals surface area (Å²) in [5.74, 6) is 0.861. The summed E-state index contributed by atoms with van der Waals surface area (Å²) in [6.07, 6.45) is 0.852. The van der Waals surface area contributed by atoms with Crippen LogP contribution < -0.4 is 4.74 Å². The molecular weight excluding hydrogens is 272 g/mol. The second kappa shape index (κ2) is 9.93. The monoisotopic (exact) mass is 297 g/mol. The van der Waals surface area contributed by atoms with E-state index in [4.69, 9.17) is 18.0 Å². The van der Waals surface area contributed by atoms with Gasteiger partial charge < -0.3 is 18.0 Å². The van der Waals surface area contributed by atoms with Crippen LogP contribution in [0.15, 0.2) is 24.3 Å². The van der Waals surface area contributed by atoms with E-state index in [1.165, 1.54) is 0 Å². The van der Waals surface area contributed by atoms with E-state index in [0.29, 0.717) is 26.4 Å². The minimum absolute atomic E-state index is 0.613. The molecule has 0 aliphatic carbocycles. The summed E-state index contributed by atoms with van der Waals surface area (Å²) in [6.45, 7) is 8.38. The Hall–Kier alpha value is -0.883. The molecule has 0 saturated carbocycles. The Morgan fingerprint density at radius 3 is 2.00 bits per heavy atom. The standard InChI is InChI=1S/C15H25O4Si/c1-4-17-20(18-5-2,19-6-3)14-10-13-16-15-11-8-7-9-12-15/h8-9,11-12H,4-6,10,13-14H2,1-3H3. The van der Waals surface area contributed by atoms with Crippen molar-refractivity contribution in [3.63, 3.8) is 0 Å². The average molecular weight is 297 g/mol. The minimum atomic E-state index is -2.52. The Morgan fingerprint density at radius 1 is 0.950 bits per heavy atom. The van der Waals surface area contributed by atoms with Crippen LogP contribution >= 0.6 is 0 Å². The summed E-state index contributed by atoms with van der Waals surface area (Å²) in [7, 11) is -2.52. The van der Waals surface area contributed by atoms with E-state index in [-0.39, 0.29) is 0 Å². The van der Waals surface area contributed by atoms with E-state index in [1.54, 1.807) is 0 Å². The highest BCUT2D eigenvalue weighted by Gasteiger charge is 2.39. The van der Waals surface area contributed by atoms with Crippen molar-refractivity contribution in [2.24, 2.45) is 0 Å². The maximum atomic E-state index is 5.80. The molecule has 0 aromatic heterocycles. The maximum Gasteiger partial charge on any atom is 0.501 e. The van der Waals surface area contributed by atoms with Crippen molar-refractivity contribution in [2.75, 3.05) is 26.4 Å². The van der Waals surface area contributed by atoms with E-state index < -0.39 is 8.80 Å². The van der Waals surface area contributed by atoms with Crippen LogP contribution in [0.4, 0.5) is 0 Å². The molecule has 1 aromatic carbocycles. The molecule has 0 atom stereocenters. The zero-order chi connectivity index (χ0) is 14.7. The van der Waals surface area contributed by atoms with Gasteiger partial charge in [-0.3, -0.25) is 0 Å². The Bertz CT molecular complexity index is 328. The first-order chi connectivity index (χ1) is 9.76. The second-order valence-corrected chi connectivity index (χ2v) is 6.90. The van der Waals surface area contributed by atoms with Gasteiger partial charge in [0, 0.05) is 25.9 Å². The average Bonchev–Trinajstić information content (AvgIpc) is 2.46. The fourth-order valence-corrected chi connectivity index (χ4v) is 4.53. The number of benzene rings is 1. The van der Waals surface area contributed by atoms with E-state index >= 15 is 0 Å². The predicted octanol–water partition coefficient (Wildman–Crippen LogP) is 3.30. The number of rotatable bonds is 11. The molecule has 0 heterocycles. The molecule has 0 aliphatic rings. The highest BCUT2D eigenvalue weighted by molar-refractivity contribution is 6.60. The van der Waals surface area contributed by atoms with Gasteiger partial charge in [0.05, 0.1) is 6.61 Å². The maximum absolute atomic E-state index is 5.80. The highest BCUT2D eigenvalue weighted by atomic mass is 28.4. The number of hydrogen-bond donors (Lipinski definition) is 0. The summed E-state index contributed by atoms with van der Waals surface area (Å²) in [4.78, 5) is 0. The van der Waals surface area contributed by atoms with Crippen LogP contribution in [0.2, 0.25) is 6.04 Å². The predicted molar refractivity (Wildman–Crippen MR) is 80.8 cm³/mol. The highest BCUT2D eigenvalue weighted by Crippen LogP contribution is 2.18. The van der Waals surface area contributed by atoms with Gasteiger partial charge in [-0.1, -0.05) is 12.1 Å². The Balaban J connectivity index is 2.40. The van der Waals surface area contributed by atoms with Crippen molar-refractivity contribution < 1.29 is 18.0 Å². The van der Waals surface area contributed by atoms with E-state index in [1.807, 2.05) is 45.0 Å². The Kier molecular flexibility index (Phi) is 8.53. The van der Waals surface area contributed by atoms with Crippen molar-refractivity contribution in [3.05, 3.63) is 30.3 Å². The lowest BCUT2D eigenvalue weighted by Gasteiger charge is -2.28. The largest absolute Gasteiger partial charge is 0.501 e. The van der Waals surface area contributed by atoms with E-state index in [2.05, 4.69) is 6.07 Å². The van der Waals surface area contributed by atoms with Gasteiger partial charge in [-0.05, 0) is 45.4 Å². The second-order valence-electron chi connectivity index (χ2n) is 4.17. The normalized spacial score (nSPS) is 11.6. The molecule has 1 rings (SSSR count). The van der Waals surface area contributed by atoms with E-state index in [0.717, 1.165) is 18.2 Å². The molecular formula is C15H25O4Si. The van der Waals surface area contributed by atoms with Crippen molar-refractivity contribution in [3.8, 4) is 5.75 Å². The van der Waals surface area contributed by atoms with Gasteiger partial charge in [-0.25, -0.2) is 0 Å². The number of ether oxygens (including phenoxy) is 1. The van der Waals surface area contributed by atoms with Crippen LogP contribution in [0, 0.1) is 6.07 Å². The molecule has 5 heteroatoms. The van der Waals surface area contributed by atoms with Crippen LogP contribution in [-0.4, -0.2) is 35.2 Å². The SMILES string of the molecule is CCO[Si](CCCOc1cc[c]cc1)(OCC)OCC. The topological polar surface area (TPSA) is 36.9 Å². The quantitative estimate of drug-likeness (QED) is 0.464. The zero-order valence-electron chi connectivity index (χ0n) is 12.7. The van der Waals surface area contributed by atoms with Gasteiger partial charge in [0.25, 0.3) is 0 Å². The molecule has 20 heavy (non-hydrogen) atoms. The first kappa shape index (κ1) is 17.2. The van der Waals surface area contributed by atoms with Gasteiger partial charge in [0.1, 0.15) is 5.75 Å². The molecule has 0 unspecified atom stereocenters. The molecule has 1 radical (unpaired) electrons. The van der Waals surface area contributed by atoms with Crippen molar-refractivity contribution in [1.82, 2.24) is 0 Å². The molecule has 0 saturated heterocycles. The lowest BCUT2D eigenvalue weighted by Crippen LogP contribution is -2.46. The summed E-state index contributed by atoms with van der Waals surface area (Å²) >= 11 is 0. The molecule has 0 fully saturated rings. The van der Waals surface area contributed by atoms with Gasteiger partial charge >= 0.3 is 8.80 Å². The first-order valence-corrected chi connectivity index (χ1v) is 9.20. The number of hydrogen-bond acceptors (Lipinski definition) is 4. The molecule has 0 N–H and O–H groups in total. The summed E-state index contributed by atoms with van der Waals surface area (Å²) in [5, 5.41) is 0. The van der Waals surface area contributed by atoms with Gasteiger partial charge in [0.15, 0.2) is 0 Å². The third-order valence-corrected chi connectivity index (χ3v) is 5.83. The van der Waals surface area contributed by atoms with Gasteiger partial charge in [0.2, 0.25) is 0 Å². The molecule has 0 spiro atoms. The molecule has 0 bridgehead atoms. The van der Waals surface area contributed by atoms with Crippen molar-refractivity contribution in [2.45, 2.75) is 33.2 Å². The first-order valence-electron chi connectivity index (χ1n) is 7.27. The van der Waals surface area contributed by atoms with Gasteiger partial charge in [-0.2, -0.15) is 0 Å². The smallest absolute Gasteiger partial charge is 0.494 e. The summed E-state index contributed by atoms with van der Waals surface area (Å²) < 4.78 is 23.1. The van der Waals surface area contributed by atoms with Crippen LogP contribution in [0.3, 0.4) is 0 Å². The van der Waals surface area contributed by atoms with E-state index in [9.17, 15) is 0 Å². The van der Waals surface area contributed by atoms with Crippen LogP contribution in [-0.2, 0) is 13.3 Å². The third kappa shape index (κ3) is 6.05. The summed E-state index contributed by atoms with van der Waals surface area (Å²) in [6, 6.07) is 11.2. The lowest BCUT2D eigenvalue weighted by atomic mass is 10.3. The fourth-order valence-electron chi connectivity index (χ4n) is 1.95. The molecule has 4 nitrogen and oxygen atoms in total. The zero-order valence-corrected chi connectivity index (χ0v) is 13.7.